The number of nitrogens with one attached hydrogen (secondary N) is 1. The van der Waals surface area contributed by atoms with Crippen molar-refractivity contribution < 1.29 is 9.59 Å². The van der Waals surface area contributed by atoms with Crippen LogP contribution in [0.2, 0.25) is 0 Å². The van der Waals surface area contributed by atoms with Gasteiger partial charge in [0.25, 0.3) is 0 Å². The first kappa shape index (κ1) is 18.0. The molecule has 0 saturated carbocycles. The van der Waals surface area contributed by atoms with E-state index in [9.17, 15) is 9.59 Å². The number of anilines is 1. The van der Waals surface area contributed by atoms with E-state index in [1.54, 1.807) is 26.7 Å². The smallest absolute Gasteiger partial charge is 0.247 e. The van der Waals surface area contributed by atoms with Crippen LogP contribution in [-0.2, 0) is 16.1 Å². The van der Waals surface area contributed by atoms with Crippen molar-refractivity contribution in [2.75, 3.05) is 11.9 Å². The molecule has 1 aromatic carbocycles. The Morgan fingerprint density at radius 1 is 1.21 bits per heavy atom. The zero-order valence-corrected chi connectivity index (χ0v) is 15.7. The first-order chi connectivity index (χ1) is 13.6. The second-order valence-electron chi connectivity index (χ2n) is 6.89. The van der Waals surface area contributed by atoms with Gasteiger partial charge in [-0.25, -0.2) is 4.68 Å². The van der Waals surface area contributed by atoms with Crippen LogP contribution in [0.3, 0.4) is 0 Å². The summed E-state index contributed by atoms with van der Waals surface area (Å²) in [6, 6.07) is 10.7. The summed E-state index contributed by atoms with van der Waals surface area (Å²) >= 11 is 0. The van der Waals surface area contributed by atoms with E-state index in [2.05, 4.69) is 15.5 Å². The summed E-state index contributed by atoms with van der Waals surface area (Å²) < 4.78 is 3.34. The van der Waals surface area contributed by atoms with E-state index in [1.807, 2.05) is 49.5 Å². The predicted octanol–water partition coefficient (Wildman–Crippen LogP) is 2.01. The Morgan fingerprint density at radius 3 is 2.86 bits per heavy atom. The molecule has 8 heteroatoms. The first-order valence-electron chi connectivity index (χ1n) is 9.30. The largest absolute Gasteiger partial charge is 0.329 e. The molecule has 1 aliphatic rings. The standard InChI is InChI=1S/C20H22N6O2/c1-15-8-12-24(23-15)14-19(27)25-10-3-7-18(25)20(28)22-16-5-2-6-17(13-16)26-11-4-9-21-26/h2,4-6,8-9,11-13,18H,3,7,10,14H2,1H3,(H,22,28)/t18-/m1/s1. The number of carbonyl (C=O) groups excluding carboxylic acids is 2. The lowest BCUT2D eigenvalue weighted by Crippen LogP contribution is -2.44. The number of amides is 2. The first-order valence-corrected chi connectivity index (χ1v) is 9.30. The van der Waals surface area contributed by atoms with Crippen molar-refractivity contribution in [2.24, 2.45) is 0 Å². The third-order valence-electron chi connectivity index (χ3n) is 4.83. The molecule has 2 aromatic heterocycles. The number of likely N-dealkylation sites (tertiary alicyclic amines) is 1. The molecule has 0 aliphatic carbocycles. The van der Waals surface area contributed by atoms with Gasteiger partial charge in [-0.3, -0.25) is 14.3 Å². The van der Waals surface area contributed by atoms with Crippen LogP contribution >= 0.6 is 0 Å². The molecule has 3 aromatic rings. The second kappa shape index (κ2) is 7.67. The lowest BCUT2D eigenvalue weighted by atomic mass is 10.2. The summed E-state index contributed by atoms with van der Waals surface area (Å²) in [6.07, 6.45) is 6.80. The van der Waals surface area contributed by atoms with E-state index >= 15 is 0 Å². The highest BCUT2D eigenvalue weighted by Crippen LogP contribution is 2.21. The molecule has 28 heavy (non-hydrogen) atoms. The second-order valence-corrected chi connectivity index (χ2v) is 6.89. The summed E-state index contributed by atoms with van der Waals surface area (Å²) in [6.45, 7) is 2.61. The van der Waals surface area contributed by atoms with E-state index in [4.69, 9.17) is 0 Å². The molecule has 1 N–H and O–H groups in total. The van der Waals surface area contributed by atoms with Crippen LogP contribution in [0.25, 0.3) is 5.69 Å². The molecule has 0 unspecified atom stereocenters. The van der Waals surface area contributed by atoms with Crippen molar-refractivity contribution in [3.05, 3.63) is 60.7 Å². The van der Waals surface area contributed by atoms with Gasteiger partial charge >= 0.3 is 0 Å². The zero-order valence-electron chi connectivity index (χ0n) is 15.7. The Bertz CT molecular complexity index is 978. The molecule has 8 nitrogen and oxygen atoms in total. The zero-order chi connectivity index (χ0) is 19.5. The Labute approximate surface area is 162 Å². The molecule has 144 valence electrons. The fourth-order valence-electron chi connectivity index (χ4n) is 3.49. The Kier molecular flexibility index (Phi) is 4.92. The molecule has 1 saturated heterocycles. The Hall–Kier alpha value is -3.42. The summed E-state index contributed by atoms with van der Waals surface area (Å²) in [5.41, 5.74) is 2.40. The number of aromatic nitrogens is 4. The summed E-state index contributed by atoms with van der Waals surface area (Å²) in [7, 11) is 0. The molecular formula is C20H22N6O2. The molecule has 0 radical (unpaired) electrons. The third kappa shape index (κ3) is 3.80. The Morgan fingerprint density at radius 2 is 2.11 bits per heavy atom. The van der Waals surface area contributed by atoms with Gasteiger partial charge < -0.3 is 10.2 Å². The number of hydrogen-bond donors (Lipinski definition) is 1. The van der Waals surface area contributed by atoms with Gasteiger partial charge in [0.05, 0.1) is 11.4 Å². The van der Waals surface area contributed by atoms with Crippen molar-refractivity contribution in [1.82, 2.24) is 24.5 Å². The van der Waals surface area contributed by atoms with E-state index in [0.29, 0.717) is 18.7 Å². The van der Waals surface area contributed by atoms with E-state index in [0.717, 1.165) is 17.8 Å². The average Bonchev–Trinajstić information content (AvgIpc) is 3.44. The maximum Gasteiger partial charge on any atom is 0.247 e. The van der Waals surface area contributed by atoms with Gasteiger partial charge in [0.2, 0.25) is 11.8 Å². The van der Waals surface area contributed by atoms with Gasteiger partial charge in [-0.2, -0.15) is 10.2 Å². The minimum absolute atomic E-state index is 0.0916. The molecule has 0 spiro atoms. The maximum absolute atomic E-state index is 12.8. The van der Waals surface area contributed by atoms with Crippen molar-refractivity contribution in [3.63, 3.8) is 0 Å². The van der Waals surface area contributed by atoms with Crippen LogP contribution in [0, 0.1) is 6.92 Å². The molecule has 1 atom stereocenters. The van der Waals surface area contributed by atoms with Crippen LogP contribution < -0.4 is 5.32 Å². The number of hydrogen-bond acceptors (Lipinski definition) is 4. The van der Waals surface area contributed by atoms with E-state index in [1.165, 1.54) is 0 Å². The highest BCUT2D eigenvalue weighted by molar-refractivity contribution is 5.97. The minimum atomic E-state index is -0.461. The summed E-state index contributed by atoms with van der Waals surface area (Å²) in [5.74, 6) is -0.258. The highest BCUT2D eigenvalue weighted by Gasteiger charge is 2.34. The van der Waals surface area contributed by atoms with Crippen molar-refractivity contribution >= 4 is 17.5 Å². The van der Waals surface area contributed by atoms with E-state index in [-0.39, 0.29) is 18.4 Å². The summed E-state index contributed by atoms with van der Waals surface area (Å²) in [5, 5.41) is 11.4. The van der Waals surface area contributed by atoms with Gasteiger partial charge in [-0.1, -0.05) is 6.07 Å². The average molecular weight is 378 g/mol. The van der Waals surface area contributed by atoms with Crippen LogP contribution in [0.4, 0.5) is 5.69 Å². The van der Waals surface area contributed by atoms with Crippen LogP contribution in [0.1, 0.15) is 18.5 Å². The van der Waals surface area contributed by atoms with Crippen molar-refractivity contribution in [1.29, 1.82) is 0 Å². The van der Waals surface area contributed by atoms with Crippen LogP contribution in [0.5, 0.6) is 0 Å². The molecule has 1 aliphatic heterocycles. The molecule has 2 amide bonds. The SMILES string of the molecule is Cc1ccn(CC(=O)N2CCC[C@@H]2C(=O)Nc2cccc(-n3cccn3)c2)n1. The molecule has 3 heterocycles. The molecule has 1 fully saturated rings. The van der Waals surface area contributed by atoms with Crippen LogP contribution in [-0.4, -0.2) is 48.9 Å². The van der Waals surface area contributed by atoms with Gasteiger partial charge in [-0.15, -0.1) is 0 Å². The normalized spacial score (nSPS) is 16.3. The van der Waals surface area contributed by atoms with Gasteiger partial charge in [0.15, 0.2) is 0 Å². The van der Waals surface area contributed by atoms with Gasteiger partial charge in [-0.05, 0) is 50.1 Å². The van der Waals surface area contributed by atoms with Gasteiger partial charge in [0, 0.05) is 30.8 Å². The maximum atomic E-state index is 12.8. The lowest BCUT2D eigenvalue weighted by molar-refractivity contribution is -0.137. The monoisotopic (exact) mass is 378 g/mol. The number of rotatable bonds is 5. The van der Waals surface area contributed by atoms with Crippen molar-refractivity contribution in [2.45, 2.75) is 32.4 Å². The fraction of sp³-hybridized carbons (Fsp3) is 0.300. The predicted molar refractivity (Wildman–Crippen MR) is 104 cm³/mol. The Balaban J connectivity index is 1.43. The third-order valence-corrected chi connectivity index (χ3v) is 4.83. The topological polar surface area (TPSA) is 85.0 Å². The highest BCUT2D eigenvalue weighted by atomic mass is 16.2. The number of benzene rings is 1. The van der Waals surface area contributed by atoms with Crippen LogP contribution in [0.15, 0.2) is 55.0 Å². The molecular weight excluding hydrogens is 356 g/mol. The van der Waals surface area contributed by atoms with E-state index < -0.39 is 6.04 Å². The van der Waals surface area contributed by atoms with Gasteiger partial charge in [0.1, 0.15) is 12.6 Å². The molecule has 4 rings (SSSR count). The number of carbonyl (C=O) groups is 2. The fourth-order valence-corrected chi connectivity index (χ4v) is 3.49. The molecule has 0 bridgehead atoms. The number of nitrogens with zero attached hydrogens (tertiary/aromatic N) is 5. The minimum Gasteiger partial charge on any atom is -0.329 e. The lowest BCUT2D eigenvalue weighted by Gasteiger charge is -2.24. The summed E-state index contributed by atoms with van der Waals surface area (Å²) in [4.78, 5) is 27.2. The number of aryl methyl sites for hydroxylation is 1. The quantitative estimate of drug-likeness (QED) is 0.736. The van der Waals surface area contributed by atoms with Crippen molar-refractivity contribution in [3.8, 4) is 5.69 Å².